The van der Waals surface area contributed by atoms with Crippen molar-refractivity contribution in [2.45, 2.75) is 109 Å². The molecule has 0 radical (unpaired) electrons. The Labute approximate surface area is 392 Å². The van der Waals surface area contributed by atoms with Crippen molar-refractivity contribution in [3.8, 4) is 0 Å². The summed E-state index contributed by atoms with van der Waals surface area (Å²) in [7, 11) is -16.4. The minimum atomic E-state index is -5.58. The van der Waals surface area contributed by atoms with Crippen molar-refractivity contribution in [2.75, 3.05) is 37.8 Å². The third-order valence-electron chi connectivity index (χ3n) is 9.49. The number of nitrogens with two attached hydrogens (primary N) is 1. The first-order valence-electron chi connectivity index (χ1n) is 21.2. The molecular weight excluding hydrogens is 963 g/mol. The number of allylic oxidation sites excluding steroid dienone is 8. The Balaban J connectivity index is 1.32. The van der Waals surface area contributed by atoms with Gasteiger partial charge in [0.25, 0.3) is 0 Å². The molecule has 0 bridgehead atoms. The number of ether oxygens (including phenoxy) is 1. The molecule has 0 saturated carbocycles. The van der Waals surface area contributed by atoms with Crippen LogP contribution in [0.25, 0.3) is 11.2 Å². The van der Waals surface area contributed by atoms with E-state index in [2.05, 4.69) is 90.0 Å². The summed E-state index contributed by atoms with van der Waals surface area (Å²) in [6.45, 7) is 2.63. The molecule has 376 valence electrons. The van der Waals surface area contributed by atoms with Crippen molar-refractivity contribution in [3.05, 3.63) is 61.3 Å². The van der Waals surface area contributed by atoms with Crippen molar-refractivity contribution < 1.29 is 80.5 Å². The van der Waals surface area contributed by atoms with E-state index in [1.54, 1.807) is 0 Å². The number of aliphatic hydroxyl groups excluding tert-OH is 2. The van der Waals surface area contributed by atoms with Crippen LogP contribution < -0.4 is 16.4 Å². The monoisotopic (exact) mass is 1030 g/mol. The molecule has 2 amide bonds. The third kappa shape index (κ3) is 21.4. The van der Waals surface area contributed by atoms with E-state index >= 15 is 0 Å². The second-order valence-electron chi connectivity index (χ2n) is 15.5. The number of anilines is 1. The largest absolute Gasteiger partial charge is 0.481 e. The lowest BCUT2D eigenvalue weighted by molar-refractivity contribution is -0.137. The van der Waals surface area contributed by atoms with E-state index in [0.717, 1.165) is 73.9 Å². The fraction of sp³-hybridized carbons (Fsp3) is 0.590. The van der Waals surface area contributed by atoms with Gasteiger partial charge in [-0.05, 0) is 44.9 Å². The molecule has 1 aliphatic rings. The maximum Gasteiger partial charge on any atom is 0.481 e. The Morgan fingerprint density at radius 1 is 0.910 bits per heavy atom. The predicted molar refractivity (Wildman–Crippen MR) is 246 cm³/mol. The molecule has 7 atom stereocenters. The van der Waals surface area contributed by atoms with Gasteiger partial charge < -0.3 is 50.9 Å². The van der Waals surface area contributed by atoms with Gasteiger partial charge in [0.1, 0.15) is 36.3 Å². The molecule has 0 spiro atoms. The molecule has 2 aromatic heterocycles. The number of phosphoric ester groups is 3. The molecular formula is C39H62N7O17P3S. The molecule has 3 heterocycles. The van der Waals surface area contributed by atoms with Crippen LogP contribution in [-0.2, 0) is 50.7 Å². The molecule has 1 fully saturated rings. The Morgan fingerprint density at radius 3 is 2.21 bits per heavy atom. The number of amides is 2. The van der Waals surface area contributed by atoms with E-state index in [-0.39, 0.29) is 41.6 Å². The first-order chi connectivity index (χ1) is 31.6. The van der Waals surface area contributed by atoms with Crippen molar-refractivity contribution in [3.63, 3.8) is 0 Å². The molecule has 10 N–H and O–H groups in total. The van der Waals surface area contributed by atoms with Crippen LogP contribution in [0.1, 0.15) is 84.8 Å². The van der Waals surface area contributed by atoms with Crippen LogP contribution in [-0.4, -0.2) is 123 Å². The zero-order valence-corrected chi connectivity index (χ0v) is 40.8. The Bertz CT molecular complexity index is 2190. The SMILES string of the molecule is CCC=CCC=CCC=CCC=CCCCCC(=O)SCCNC(=O)CCNC(=O)C(O)C(C)(C)COP(=O)(O)OP(=O)(O)OCC1OC(n2cnc3c(N)ncnc32)C(O)C1OP(=O)(O)O. The number of aliphatic hydroxyl groups is 2. The van der Waals surface area contributed by atoms with Gasteiger partial charge in [0.15, 0.2) is 22.8 Å². The average molecular weight is 1030 g/mol. The van der Waals surface area contributed by atoms with Gasteiger partial charge in [0, 0.05) is 37.1 Å². The van der Waals surface area contributed by atoms with Gasteiger partial charge in [-0.1, -0.05) is 81.1 Å². The number of hydrogen-bond acceptors (Lipinski definition) is 18. The van der Waals surface area contributed by atoms with Gasteiger partial charge in [-0.15, -0.1) is 0 Å². The lowest BCUT2D eigenvalue weighted by atomic mass is 9.87. The molecule has 7 unspecified atom stereocenters. The second kappa shape index (κ2) is 28.3. The number of nitrogen functional groups attached to an aromatic ring is 1. The van der Waals surface area contributed by atoms with Gasteiger partial charge in [0.2, 0.25) is 11.8 Å². The van der Waals surface area contributed by atoms with Gasteiger partial charge >= 0.3 is 23.5 Å². The third-order valence-corrected chi connectivity index (χ3v) is 13.5. The summed E-state index contributed by atoms with van der Waals surface area (Å²) in [6.07, 6.45) is 16.9. The van der Waals surface area contributed by atoms with Crippen LogP contribution in [0.5, 0.6) is 0 Å². The number of hydrogen-bond donors (Lipinski definition) is 9. The smallest absolute Gasteiger partial charge is 0.386 e. The number of unbranched alkanes of at least 4 members (excludes halogenated alkanes) is 2. The molecule has 0 aromatic carbocycles. The predicted octanol–water partition coefficient (Wildman–Crippen LogP) is 4.03. The normalized spacial score (nSPS) is 20.6. The number of carbonyl (C=O) groups is 3. The van der Waals surface area contributed by atoms with Crippen LogP contribution >= 0.6 is 35.2 Å². The fourth-order valence-corrected chi connectivity index (χ4v) is 9.55. The first kappa shape index (κ1) is 57.8. The highest BCUT2D eigenvalue weighted by atomic mass is 32.2. The van der Waals surface area contributed by atoms with E-state index in [1.807, 2.05) is 0 Å². The average Bonchev–Trinajstić information content (AvgIpc) is 3.81. The standard InChI is InChI=1S/C39H62N7O17P3S/c1-4-5-6-7-8-9-10-11-12-13-14-15-16-17-18-19-30(48)67-23-22-41-29(47)20-21-42-37(51)34(50)39(2,3)25-60-66(57,58)63-65(55,56)59-24-28-33(62-64(52,53)54)32(49)38(61-28)46-27-45-31-35(40)43-26-44-36(31)46/h5-6,8-9,11-12,14-15,26-28,32-34,38,49-50H,4,7,10,13,16-25H2,1-3H3,(H,41,47)(H,42,51)(H,55,56)(H,57,58)(H2,40,43,44)(H2,52,53,54). The number of carbonyl (C=O) groups excluding carboxylic acids is 3. The highest BCUT2D eigenvalue weighted by Crippen LogP contribution is 2.61. The minimum Gasteiger partial charge on any atom is -0.386 e. The molecule has 1 aliphatic heterocycles. The molecule has 2 aromatic rings. The van der Waals surface area contributed by atoms with Crippen LogP contribution in [0.15, 0.2) is 61.3 Å². The van der Waals surface area contributed by atoms with Crippen LogP contribution in [0.4, 0.5) is 5.82 Å². The van der Waals surface area contributed by atoms with E-state index < -0.39 is 84.6 Å². The van der Waals surface area contributed by atoms with Crippen molar-refractivity contribution in [1.82, 2.24) is 30.2 Å². The molecule has 3 rings (SSSR count). The van der Waals surface area contributed by atoms with Gasteiger partial charge in [-0.25, -0.2) is 28.6 Å². The topological polar surface area (TPSA) is 364 Å². The summed E-state index contributed by atoms with van der Waals surface area (Å²) < 4.78 is 62.4. The number of imidazole rings is 1. The van der Waals surface area contributed by atoms with E-state index in [4.69, 9.17) is 19.5 Å². The number of aromatic nitrogens is 4. The number of fused-ring (bicyclic) bond motifs is 1. The minimum absolute atomic E-state index is 0.0244. The van der Waals surface area contributed by atoms with Gasteiger partial charge in [-0.2, -0.15) is 4.31 Å². The quantitative estimate of drug-likeness (QED) is 0.0292. The lowest BCUT2D eigenvalue weighted by Gasteiger charge is -2.30. The van der Waals surface area contributed by atoms with E-state index in [0.29, 0.717) is 12.2 Å². The summed E-state index contributed by atoms with van der Waals surface area (Å²) >= 11 is 1.12. The number of nitrogens with one attached hydrogen (secondary N) is 2. The van der Waals surface area contributed by atoms with Crippen LogP contribution in [0.2, 0.25) is 0 Å². The maximum atomic E-state index is 12.7. The Hall–Kier alpha value is -3.48. The summed E-state index contributed by atoms with van der Waals surface area (Å²) in [6, 6.07) is 0. The molecule has 24 nitrogen and oxygen atoms in total. The highest BCUT2D eigenvalue weighted by Gasteiger charge is 2.50. The molecule has 28 heteroatoms. The van der Waals surface area contributed by atoms with Crippen LogP contribution in [0, 0.1) is 5.41 Å². The summed E-state index contributed by atoms with van der Waals surface area (Å²) in [5.41, 5.74) is 4.27. The van der Waals surface area contributed by atoms with Crippen LogP contribution in [0.3, 0.4) is 0 Å². The summed E-state index contributed by atoms with van der Waals surface area (Å²) in [4.78, 5) is 88.3. The Kier molecular flexibility index (Phi) is 24.4. The fourth-order valence-electron chi connectivity index (χ4n) is 6.00. The maximum absolute atomic E-state index is 12.7. The number of rotatable bonds is 31. The Morgan fingerprint density at radius 2 is 1.55 bits per heavy atom. The molecule has 0 aliphatic carbocycles. The van der Waals surface area contributed by atoms with E-state index in [9.17, 15) is 57.9 Å². The molecule has 1 saturated heterocycles. The number of thioether (sulfide) groups is 1. The second-order valence-corrected chi connectivity index (χ2v) is 20.9. The zero-order valence-electron chi connectivity index (χ0n) is 37.3. The van der Waals surface area contributed by atoms with Gasteiger partial charge in [0.05, 0.1) is 19.5 Å². The highest BCUT2D eigenvalue weighted by molar-refractivity contribution is 8.13. The van der Waals surface area contributed by atoms with Gasteiger partial charge in [-0.3, -0.25) is 32.5 Å². The summed E-state index contributed by atoms with van der Waals surface area (Å²) in [5, 5.41) is 26.6. The number of phosphoric acid groups is 3. The van der Waals surface area contributed by atoms with E-state index in [1.165, 1.54) is 13.8 Å². The zero-order chi connectivity index (χ0) is 49.7. The summed E-state index contributed by atoms with van der Waals surface area (Å²) in [5.74, 6) is -1.08. The molecule has 67 heavy (non-hydrogen) atoms. The number of nitrogens with zero attached hydrogens (tertiary/aromatic N) is 4. The van der Waals surface area contributed by atoms with Crippen molar-refractivity contribution >= 4 is 69.1 Å². The lowest BCUT2D eigenvalue weighted by Crippen LogP contribution is -2.46. The van der Waals surface area contributed by atoms with Crippen molar-refractivity contribution in [1.29, 1.82) is 0 Å². The van der Waals surface area contributed by atoms with Crippen molar-refractivity contribution in [2.24, 2.45) is 5.41 Å². The first-order valence-corrected chi connectivity index (χ1v) is 26.7.